The van der Waals surface area contributed by atoms with Gasteiger partial charge in [-0.25, -0.2) is 8.42 Å². The van der Waals surface area contributed by atoms with Gasteiger partial charge in [0, 0.05) is 34.9 Å². The molecule has 1 atom stereocenters. The first kappa shape index (κ1) is 21.3. The van der Waals surface area contributed by atoms with E-state index in [0.29, 0.717) is 18.8 Å². The van der Waals surface area contributed by atoms with E-state index in [2.05, 4.69) is 15.9 Å². The molecule has 2 aromatic rings. The summed E-state index contributed by atoms with van der Waals surface area (Å²) in [5.74, 6) is -0.0125. The second kappa shape index (κ2) is 8.30. The van der Waals surface area contributed by atoms with Crippen LogP contribution in [0.25, 0.3) is 0 Å². The van der Waals surface area contributed by atoms with E-state index in [1.54, 1.807) is 17.0 Å². The number of fused-ring (bicyclic) bond motifs is 1. The maximum atomic E-state index is 13.4. The number of nitrogens with zero attached hydrogens (tertiary/aromatic N) is 2. The van der Waals surface area contributed by atoms with Gasteiger partial charge in [0.15, 0.2) is 0 Å². The number of carbonyl (C=O) groups is 1. The Labute approximate surface area is 184 Å². The molecule has 0 bridgehead atoms. The van der Waals surface area contributed by atoms with Crippen molar-refractivity contribution in [2.24, 2.45) is 0 Å². The highest BCUT2D eigenvalue weighted by Crippen LogP contribution is 2.36. The van der Waals surface area contributed by atoms with Crippen LogP contribution in [0, 0.1) is 0 Å². The van der Waals surface area contributed by atoms with Crippen molar-refractivity contribution in [1.29, 1.82) is 0 Å². The number of rotatable bonds is 4. The number of sulfonamides is 1. The van der Waals surface area contributed by atoms with Gasteiger partial charge in [-0.1, -0.05) is 15.9 Å². The summed E-state index contributed by atoms with van der Waals surface area (Å²) >= 11 is 3.47. The molecule has 7 nitrogen and oxygen atoms in total. The zero-order valence-electron chi connectivity index (χ0n) is 16.8. The predicted octanol–water partition coefficient (Wildman–Crippen LogP) is 3.07. The number of methoxy groups -OCH3 is 1. The van der Waals surface area contributed by atoms with Crippen molar-refractivity contribution >= 4 is 37.5 Å². The van der Waals surface area contributed by atoms with Crippen LogP contribution in [0.2, 0.25) is 0 Å². The Bertz CT molecular complexity index is 1080. The van der Waals surface area contributed by atoms with E-state index in [4.69, 9.17) is 9.47 Å². The van der Waals surface area contributed by atoms with Crippen LogP contribution in [-0.2, 0) is 21.2 Å². The van der Waals surface area contributed by atoms with E-state index in [1.165, 1.54) is 17.5 Å². The lowest BCUT2D eigenvalue weighted by atomic mass is 10.1. The van der Waals surface area contributed by atoms with Gasteiger partial charge >= 0.3 is 0 Å². The Morgan fingerprint density at radius 3 is 2.60 bits per heavy atom. The molecule has 0 spiro atoms. The van der Waals surface area contributed by atoms with Gasteiger partial charge in [-0.3, -0.25) is 4.79 Å². The number of hydrogen-bond acceptors (Lipinski definition) is 5. The summed E-state index contributed by atoms with van der Waals surface area (Å²) in [5, 5.41) is 0. The Morgan fingerprint density at radius 1 is 1.17 bits per heavy atom. The van der Waals surface area contributed by atoms with Crippen LogP contribution in [0.4, 0.5) is 5.69 Å². The van der Waals surface area contributed by atoms with Crippen molar-refractivity contribution in [2.45, 2.75) is 24.3 Å². The van der Waals surface area contributed by atoms with Crippen molar-refractivity contribution in [1.82, 2.24) is 4.31 Å². The fraction of sp³-hybridized carbons (Fsp3) is 0.381. The quantitative estimate of drug-likeness (QED) is 0.652. The summed E-state index contributed by atoms with van der Waals surface area (Å²) in [6, 6.07) is 10.4. The summed E-state index contributed by atoms with van der Waals surface area (Å²) in [4.78, 5) is 15.1. The van der Waals surface area contributed by atoms with E-state index >= 15 is 0 Å². The first-order chi connectivity index (χ1) is 14.3. The second-order valence-electron chi connectivity index (χ2n) is 7.38. The molecule has 1 unspecified atom stereocenters. The number of halogens is 1. The van der Waals surface area contributed by atoms with Crippen molar-refractivity contribution < 1.29 is 22.7 Å². The van der Waals surface area contributed by atoms with Crippen LogP contribution < -0.4 is 9.64 Å². The van der Waals surface area contributed by atoms with Gasteiger partial charge in [0.1, 0.15) is 10.6 Å². The molecule has 0 saturated carbocycles. The van der Waals surface area contributed by atoms with E-state index in [9.17, 15) is 13.2 Å². The molecule has 2 aliphatic heterocycles. The summed E-state index contributed by atoms with van der Waals surface area (Å²) < 4.78 is 39.4. The number of amides is 1. The molecule has 160 valence electrons. The van der Waals surface area contributed by atoms with Gasteiger partial charge in [0.25, 0.3) is 5.91 Å². The first-order valence-electron chi connectivity index (χ1n) is 9.71. The Kier molecular flexibility index (Phi) is 5.89. The summed E-state index contributed by atoms with van der Waals surface area (Å²) in [6.45, 7) is 3.22. The van der Waals surface area contributed by atoms with Gasteiger partial charge in [-0.15, -0.1) is 0 Å². The molecule has 9 heteroatoms. The molecule has 30 heavy (non-hydrogen) atoms. The summed E-state index contributed by atoms with van der Waals surface area (Å²) in [7, 11) is -2.39. The maximum absolute atomic E-state index is 13.4. The molecule has 1 amide bonds. The maximum Gasteiger partial charge on any atom is 0.258 e. The molecule has 0 aliphatic carbocycles. The molecule has 1 fully saturated rings. The zero-order valence-corrected chi connectivity index (χ0v) is 19.2. The van der Waals surface area contributed by atoms with E-state index in [1.807, 2.05) is 25.1 Å². The number of benzene rings is 2. The number of ether oxygens (including phenoxy) is 2. The smallest absolute Gasteiger partial charge is 0.258 e. The SMILES string of the molecule is COc1ccc(C(=O)N2c3ccc(Br)cc3CC2C)cc1S(=O)(=O)N1CCOCC1. The molecule has 2 aliphatic rings. The lowest BCUT2D eigenvalue weighted by Crippen LogP contribution is -2.41. The molecular formula is C21H23BrN2O5S. The normalized spacial score (nSPS) is 19.6. The van der Waals surface area contributed by atoms with Crippen molar-refractivity contribution in [2.75, 3.05) is 38.3 Å². The predicted molar refractivity (Wildman–Crippen MR) is 117 cm³/mol. The van der Waals surface area contributed by atoms with Crippen molar-refractivity contribution in [3.05, 3.63) is 52.0 Å². The zero-order chi connectivity index (χ0) is 21.5. The topological polar surface area (TPSA) is 76.2 Å². The molecule has 2 aromatic carbocycles. The van der Waals surface area contributed by atoms with Crippen LogP contribution in [0.15, 0.2) is 45.8 Å². The molecule has 0 aromatic heterocycles. The number of morpholine rings is 1. The van der Waals surface area contributed by atoms with Gasteiger partial charge in [-0.05, 0) is 55.3 Å². The third-order valence-corrected chi connectivity index (χ3v) is 7.89. The fourth-order valence-electron chi connectivity index (χ4n) is 3.99. The van der Waals surface area contributed by atoms with Gasteiger partial charge in [-0.2, -0.15) is 4.31 Å². The van der Waals surface area contributed by atoms with Crippen LogP contribution in [0.5, 0.6) is 5.75 Å². The third kappa shape index (κ3) is 3.75. The molecule has 0 N–H and O–H groups in total. The van der Waals surface area contributed by atoms with Crippen LogP contribution >= 0.6 is 15.9 Å². The highest BCUT2D eigenvalue weighted by molar-refractivity contribution is 9.10. The van der Waals surface area contributed by atoms with Crippen molar-refractivity contribution in [3.8, 4) is 5.75 Å². The van der Waals surface area contributed by atoms with E-state index in [0.717, 1.165) is 22.1 Å². The minimum absolute atomic E-state index is 0.000583. The first-order valence-corrected chi connectivity index (χ1v) is 11.9. The number of hydrogen-bond donors (Lipinski definition) is 0. The second-order valence-corrected chi connectivity index (χ2v) is 10.2. The molecule has 1 saturated heterocycles. The van der Waals surface area contributed by atoms with Crippen LogP contribution in [-0.4, -0.2) is 58.1 Å². The van der Waals surface area contributed by atoms with Gasteiger partial charge < -0.3 is 14.4 Å². The minimum Gasteiger partial charge on any atom is -0.495 e. The molecule has 2 heterocycles. The molecular weight excluding hydrogens is 472 g/mol. The summed E-state index contributed by atoms with van der Waals surface area (Å²) in [6.07, 6.45) is 0.746. The lowest BCUT2D eigenvalue weighted by Gasteiger charge is -2.27. The van der Waals surface area contributed by atoms with E-state index < -0.39 is 10.0 Å². The van der Waals surface area contributed by atoms with Crippen LogP contribution in [0.1, 0.15) is 22.8 Å². The van der Waals surface area contributed by atoms with Gasteiger partial charge in [0.2, 0.25) is 10.0 Å². The third-order valence-electron chi connectivity index (χ3n) is 5.47. The Morgan fingerprint density at radius 2 is 1.90 bits per heavy atom. The lowest BCUT2D eigenvalue weighted by molar-refractivity contribution is 0.0729. The summed E-state index contributed by atoms with van der Waals surface area (Å²) in [5.41, 5.74) is 2.24. The average Bonchev–Trinajstić information content (AvgIpc) is 3.08. The Balaban J connectivity index is 1.72. The van der Waals surface area contributed by atoms with Crippen LogP contribution in [0.3, 0.4) is 0 Å². The highest BCUT2D eigenvalue weighted by atomic mass is 79.9. The van der Waals surface area contributed by atoms with Crippen molar-refractivity contribution in [3.63, 3.8) is 0 Å². The minimum atomic E-state index is -3.81. The Hall–Kier alpha value is -1.94. The number of carbonyl (C=O) groups excluding carboxylic acids is 1. The standard InChI is InChI=1S/C21H23BrN2O5S/c1-14-11-16-12-17(22)4-5-18(16)24(14)21(25)15-3-6-19(28-2)20(13-15)30(26,27)23-7-9-29-10-8-23/h3-6,12-14H,7-11H2,1-2H3. The molecule has 0 radical (unpaired) electrons. The monoisotopic (exact) mass is 494 g/mol. The largest absolute Gasteiger partial charge is 0.495 e. The molecule has 4 rings (SSSR count). The fourth-order valence-corrected chi connectivity index (χ4v) is 5.98. The number of anilines is 1. The van der Waals surface area contributed by atoms with E-state index in [-0.39, 0.29) is 35.7 Å². The highest BCUT2D eigenvalue weighted by Gasteiger charge is 2.34. The van der Waals surface area contributed by atoms with Gasteiger partial charge in [0.05, 0.1) is 20.3 Å². The average molecular weight is 495 g/mol.